The van der Waals surface area contributed by atoms with Crippen molar-refractivity contribution in [2.24, 2.45) is 0 Å². The second kappa shape index (κ2) is 6.10. The van der Waals surface area contributed by atoms with Crippen molar-refractivity contribution in [3.8, 4) is 22.9 Å². The molecule has 4 heterocycles. The van der Waals surface area contributed by atoms with E-state index < -0.39 is 11.9 Å². The first kappa shape index (κ1) is 16.0. The molecule has 0 unspecified atom stereocenters. The molecule has 0 atom stereocenters. The number of rotatable bonds is 3. The Labute approximate surface area is 144 Å². The summed E-state index contributed by atoms with van der Waals surface area (Å²) in [6.45, 7) is 0. The zero-order chi connectivity index (χ0) is 18.1. The van der Waals surface area contributed by atoms with Gasteiger partial charge in [-0.2, -0.15) is 18.3 Å². The first-order valence-electron chi connectivity index (χ1n) is 7.47. The Morgan fingerprint density at radius 1 is 0.923 bits per heavy atom. The van der Waals surface area contributed by atoms with Crippen molar-refractivity contribution in [3.63, 3.8) is 0 Å². The molecule has 4 aromatic heterocycles. The highest BCUT2D eigenvalue weighted by Crippen LogP contribution is 2.32. The zero-order valence-electron chi connectivity index (χ0n) is 13.1. The van der Waals surface area contributed by atoms with Crippen LogP contribution in [0.2, 0.25) is 0 Å². The lowest BCUT2D eigenvalue weighted by Crippen LogP contribution is -2.07. The number of hydrogen-bond donors (Lipinski definition) is 0. The second-order valence-electron chi connectivity index (χ2n) is 5.28. The molecule has 0 fully saturated rings. The number of fused-ring (bicyclic) bond motifs is 1. The molecule has 0 spiro atoms. The number of hydrogen-bond acceptors (Lipinski definition) is 5. The zero-order valence-corrected chi connectivity index (χ0v) is 13.1. The SMILES string of the molecule is FC(F)(F)c1ccc(Oc2ncccc2-c2cccc3ncnn23)cn1. The molecule has 0 bridgehead atoms. The maximum absolute atomic E-state index is 12.6. The van der Waals surface area contributed by atoms with Gasteiger partial charge in [0.25, 0.3) is 0 Å². The molecule has 6 nitrogen and oxygen atoms in total. The van der Waals surface area contributed by atoms with Gasteiger partial charge >= 0.3 is 6.18 Å². The van der Waals surface area contributed by atoms with Crippen molar-refractivity contribution in [3.05, 3.63) is 66.9 Å². The van der Waals surface area contributed by atoms with E-state index >= 15 is 0 Å². The molecular formula is C17H10F3N5O. The Morgan fingerprint density at radius 3 is 2.58 bits per heavy atom. The monoisotopic (exact) mass is 357 g/mol. The van der Waals surface area contributed by atoms with Crippen LogP contribution in [-0.2, 0) is 6.18 Å². The molecule has 9 heteroatoms. The molecule has 0 aliphatic rings. The van der Waals surface area contributed by atoms with Crippen LogP contribution in [0.1, 0.15) is 5.69 Å². The molecule has 130 valence electrons. The minimum Gasteiger partial charge on any atom is -0.437 e. The van der Waals surface area contributed by atoms with Crippen molar-refractivity contribution in [1.82, 2.24) is 24.6 Å². The summed E-state index contributed by atoms with van der Waals surface area (Å²) in [5.41, 5.74) is 0.957. The van der Waals surface area contributed by atoms with Crippen LogP contribution in [0, 0.1) is 0 Å². The van der Waals surface area contributed by atoms with Crippen LogP contribution in [0.5, 0.6) is 11.6 Å². The predicted octanol–water partition coefficient (Wildman–Crippen LogP) is 4.00. The van der Waals surface area contributed by atoms with Crippen molar-refractivity contribution in [2.45, 2.75) is 6.18 Å². The average Bonchev–Trinajstić information content (AvgIpc) is 3.11. The lowest BCUT2D eigenvalue weighted by atomic mass is 10.2. The smallest absolute Gasteiger partial charge is 0.433 e. The molecule has 0 aromatic carbocycles. The Hall–Kier alpha value is -3.49. The van der Waals surface area contributed by atoms with Gasteiger partial charge in [-0.3, -0.25) is 0 Å². The number of alkyl halides is 3. The van der Waals surface area contributed by atoms with Gasteiger partial charge in [0.1, 0.15) is 17.8 Å². The summed E-state index contributed by atoms with van der Waals surface area (Å²) < 4.78 is 45.1. The van der Waals surface area contributed by atoms with Crippen LogP contribution in [0.15, 0.2) is 61.2 Å². The molecule has 0 saturated carbocycles. The fraction of sp³-hybridized carbons (Fsp3) is 0.0588. The van der Waals surface area contributed by atoms with Gasteiger partial charge in [0.05, 0.1) is 17.5 Å². The quantitative estimate of drug-likeness (QED) is 0.555. The molecular weight excluding hydrogens is 347 g/mol. The Bertz CT molecular complexity index is 1060. The maximum atomic E-state index is 12.6. The third-order valence-electron chi connectivity index (χ3n) is 3.59. The minimum absolute atomic E-state index is 0.142. The van der Waals surface area contributed by atoms with Crippen molar-refractivity contribution in [2.75, 3.05) is 0 Å². The van der Waals surface area contributed by atoms with Gasteiger partial charge in [-0.15, -0.1) is 0 Å². The molecule has 0 saturated heterocycles. The molecule has 0 aliphatic carbocycles. The van der Waals surface area contributed by atoms with Crippen LogP contribution in [0.3, 0.4) is 0 Å². The van der Waals surface area contributed by atoms with Crippen molar-refractivity contribution < 1.29 is 17.9 Å². The molecule has 0 N–H and O–H groups in total. The average molecular weight is 357 g/mol. The molecule has 26 heavy (non-hydrogen) atoms. The van der Waals surface area contributed by atoms with Crippen LogP contribution >= 0.6 is 0 Å². The fourth-order valence-corrected chi connectivity index (χ4v) is 2.44. The highest BCUT2D eigenvalue weighted by Gasteiger charge is 2.32. The highest BCUT2D eigenvalue weighted by atomic mass is 19.4. The van der Waals surface area contributed by atoms with Gasteiger partial charge in [-0.1, -0.05) is 6.07 Å². The second-order valence-corrected chi connectivity index (χ2v) is 5.28. The van der Waals surface area contributed by atoms with Gasteiger partial charge in [-0.05, 0) is 36.4 Å². The normalized spacial score (nSPS) is 11.7. The van der Waals surface area contributed by atoms with Crippen molar-refractivity contribution in [1.29, 1.82) is 0 Å². The van der Waals surface area contributed by atoms with Gasteiger partial charge in [-0.25, -0.2) is 19.5 Å². The molecule has 4 rings (SSSR count). The molecule has 0 radical (unpaired) electrons. The Balaban J connectivity index is 1.72. The van der Waals surface area contributed by atoms with E-state index in [0.717, 1.165) is 12.3 Å². The largest absolute Gasteiger partial charge is 0.437 e. The number of ether oxygens (including phenoxy) is 1. The van der Waals surface area contributed by atoms with Gasteiger partial charge in [0, 0.05) is 6.20 Å². The predicted molar refractivity (Wildman–Crippen MR) is 85.5 cm³/mol. The van der Waals surface area contributed by atoms with E-state index in [4.69, 9.17) is 4.74 Å². The molecule has 0 amide bonds. The lowest BCUT2D eigenvalue weighted by Gasteiger charge is -2.11. The summed E-state index contributed by atoms with van der Waals surface area (Å²) in [5.74, 6) is 0.362. The Morgan fingerprint density at radius 2 is 1.81 bits per heavy atom. The van der Waals surface area contributed by atoms with Gasteiger partial charge in [0.2, 0.25) is 5.88 Å². The summed E-state index contributed by atoms with van der Waals surface area (Å²) in [4.78, 5) is 11.7. The van der Waals surface area contributed by atoms with E-state index in [0.29, 0.717) is 16.9 Å². The third-order valence-corrected chi connectivity index (χ3v) is 3.59. The van der Waals surface area contributed by atoms with Crippen LogP contribution in [0.4, 0.5) is 13.2 Å². The van der Waals surface area contributed by atoms with Crippen LogP contribution in [0.25, 0.3) is 16.9 Å². The summed E-state index contributed by atoms with van der Waals surface area (Å²) in [6.07, 6.45) is -0.540. The minimum atomic E-state index is -4.50. The Kier molecular flexibility index (Phi) is 3.76. The summed E-state index contributed by atoms with van der Waals surface area (Å²) >= 11 is 0. The number of nitrogens with zero attached hydrogens (tertiary/aromatic N) is 5. The van der Waals surface area contributed by atoms with E-state index in [1.807, 2.05) is 12.1 Å². The van der Waals surface area contributed by atoms with E-state index in [2.05, 4.69) is 20.1 Å². The van der Waals surface area contributed by atoms with Crippen LogP contribution < -0.4 is 4.74 Å². The fourth-order valence-electron chi connectivity index (χ4n) is 2.44. The van der Waals surface area contributed by atoms with Gasteiger partial charge < -0.3 is 4.74 Å². The standard InChI is InChI=1S/C17H10F3N5O/c18-17(19,20)14-7-6-11(9-22-14)26-16-12(3-2-8-21-16)13-4-1-5-15-23-10-24-25(13)15/h1-10H. The topological polar surface area (TPSA) is 65.2 Å². The number of aromatic nitrogens is 5. The summed E-state index contributed by atoms with van der Waals surface area (Å²) in [5, 5.41) is 4.17. The lowest BCUT2D eigenvalue weighted by molar-refractivity contribution is -0.141. The highest BCUT2D eigenvalue weighted by molar-refractivity contribution is 5.67. The van der Waals surface area contributed by atoms with E-state index in [9.17, 15) is 13.2 Å². The van der Waals surface area contributed by atoms with E-state index in [1.54, 1.807) is 22.7 Å². The summed E-state index contributed by atoms with van der Waals surface area (Å²) in [7, 11) is 0. The first-order chi connectivity index (χ1) is 12.5. The number of pyridine rings is 3. The molecule has 4 aromatic rings. The van der Waals surface area contributed by atoms with E-state index in [-0.39, 0.29) is 11.6 Å². The number of halogens is 3. The molecule has 0 aliphatic heterocycles. The third kappa shape index (κ3) is 2.94. The van der Waals surface area contributed by atoms with E-state index in [1.165, 1.54) is 18.6 Å². The first-order valence-corrected chi connectivity index (χ1v) is 7.47. The van der Waals surface area contributed by atoms with Crippen LogP contribution in [-0.4, -0.2) is 24.6 Å². The van der Waals surface area contributed by atoms with Gasteiger partial charge in [0.15, 0.2) is 5.65 Å². The van der Waals surface area contributed by atoms with Crippen molar-refractivity contribution >= 4 is 5.65 Å². The maximum Gasteiger partial charge on any atom is 0.433 e. The summed E-state index contributed by atoms with van der Waals surface area (Å²) in [6, 6.07) is 11.0.